The average molecular weight is 378 g/mol. The highest BCUT2D eigenvalue weighted by molar-refractivity contribution is 6.32. The molecule has 26 heavy (non-hydrogen) atoms. The number of rotatable bonds is 4. The normalized spacial score (nSPS) is 13.0. The summed E-state index contributed by atoms with van der Waals surface area (Å²) in [5, 5.41) is 11.2. The van der Waals surface area contributed by atoms with Crippen molar-refractivity contribution < 1.29 is 23.9 Å². The van der Waals surface area contributed by atoms with Crippen molar-refractivity contribution in [2.75, 3.05) is 13.2 Å². The number of nitro benzene ring substituents is 1. The van der Waals surface area contributed by atoms with E-state index in [1.807, 2.05) is 0 Å². The Balaban J connectivity index is 1.72. The number of aryl methyl sites for hydroxylation is 1. The number of benzene rings is 2. The van der Waals surface area contributed by atoms with Crippen molar-refractivity contribution in [2.45, 2.75) is 20.0 Å². The van der Waals surface area contributed by atoms with E-state index < -0.39 is 10.9 Å². The number of esters is 1. The molecule has 0 amide bonds. The summed E-state index contributed by atoms with van der Waals surface area (Å²) in [7, 11) is 0. The van der Waals surface area contributed by atoms with E-state index in [9.17, 15) is 14.9 Å². The highest BCUT2D eigenvalue weighted by Crippen LogP contribution is 2.38. The van der Waals surface area contributed by atoms with Crippen LogP contribution >= 0.6 is 11.6 Å². The van der Waals surface area contributed by atoms with Crippen molar-refractivity contribution in [3.05, 3.63) is 62.2 Å². The number of halogens is 1. The van der Waals surface area contributed by atoms with Crippen LogP contribution in [0, 0.1) is 17.0 Å². The van der Waals surface area contributed by atoms with Crippen molar-refractivity contribution in [1.82, 2.24) is 0 Å². The number of nitro groups is 1. The molecule has 0 radical (unpaired) electrons. The number of carbonyl (C=O) groups excluding carboxylic acids is 1. The number of fused-ring (bicyclic) bond motifs is 1. The maximum absolute atomic E-state index is 12.2. The van der Waals surface area contributed by atoms with Crippen LogP contribution in [0.25, 0.3) is 0 Å². The second kappa shape index (κ2) is 7.61. The van der Waals surface area contributed by atoms with Gasteiger partial charge in [-0.05, 0) is 36.8 Å². The van der Waals surface area contributed by atoms with Gasteiger partial charge in [0.1, 0.15) is 6.61 Å². The Labute approximate surface area is 154 Å². The van der Waals surface area contributed by atoms with E-state index in [2.05, 4.69) is 0 Å². The summed E-state index contributed by atoms with van der Waals surface area (Å²) < 4.78 is 16.4. The molecule has 0 saturated carbocycles. The zero-order valence-electron chi connectivity index (χ0n) is 14.0. The van der Waals surface area contributed by atoms with Crippen LogP contribution in [0.15, 0.2) is 30.3 Å². The molecule has 0 aliphatic carbocycles. The van der Waals surface area contributed by atoms with E-state index in [1.165, 1.54) is 18.2 Å². The maximum Gasteiger partial charge on any atom is 0.338 e. The fourth-order valence-corrected chi connectivity index (χ4v) is 2.87. The lowest BCUT2D eigenvalue weighted by Crippen LogP contribution is -2.06. The van der Waals surface area contributed by atoms with Gasteiger partial charge >= 0.3 is 5.97 Å². The van der Waals surface area contributed by atoms with Crippen molar-refractivity contribution in [2.24, 2.45) is 0 Å². The van der Waals surface area contributed by atoms with Crippen LogP contribution in [-0.2, 0) is 11.3 Å². The van der Waals surface area contributed by atoms with Crippen LogP contribution in [0.1, 0.15) is 27.9 Å². The molecule has 2 aromatic rings. The monoisotopic (exact) mass is 377 g/mol. The average Bonchev–Trinajstić information content (AvgIpc) is 2.85. The number of nitrogens with zero attached hydrogens (tertiary/aromatic N) is 1. The van der Waals surface area contributed by atoms with Crippen LogP contribution < -0.4 is 9.47 Å². The molecule has 0 aromatic heterocycles. The quantitative estimate of drug-likeness (QED) is 0.453. The SMILES string of the molecule is Cc1cc(C(=O)OCc2cc(Cl)c3c(c2)OCCCO3)ccc1[N+](=O)[O-]. The third-order valence-corrected chi connectivity index (χ3v) is 4.14. The highest BCUT2D eigenvalue weighted by Gasteiger charge is 2.18. The molecule has 0 fully saturated rings. The second-order valence-electron chi connectivity index (χ2n) is 5.79. The van der Waals surface area contributed by atoms with Gasteiger partial charge in [0.15, 0.2) is 11.5 Å². The Morgan fingerprint density at radius 2 is 2.04 bits per heavy atom. The minimum absolute atomic E-state index is 0.00870. The lowest BCUT2D eigenvalue weighted by atomic mass is 10.1. The van der Waals surface area contributed by atoms with Gasteiger partial charge in [-0.25, -0.2) is 4.79 Å². The summed E-state index contributed by atoms with van der Waals surface area (Å²) in [5.74, 6) is 0.434. The summed E-state index contributed by atoms with van der Waals surface area (Å²) in [6.07, 6.45) is 0.759. The highest BCUT2D eigenvalue weighted by atomic mass is 35.5. The minimum atomic E-state index is -0.578. The molecule has 3 rings (SSSR count). The molecule has 1 aliphatic heterocycles. The smallest absolute Gasteiger partial charge is 0.338 e. The van der Waals surface area contributed by atoms with Gasteiger partial charge in [-0.2, -0.15) is 0 Å². The number of hydrogen-bond acceptors (Lipinski definition) is 6. The molecule has 0 N–H and O–H groups in total. The molecule has 0 saturated heterocycles. The van der Waals surface area contributed by atoms with Crippen LogP contribution in [0.2, 0.25) is 5.02 Å². The van der Waals surface area contributed by atoms with E-state index in [0.29, 0.717) is 40.9 Å². The first-order chi connectivity index (χ1) is 12.5. The van der Waals surface area contributed by atoms with Crippen LogP contribution in [-0.4, -0.2) is 24.1 Å². The molecular formula is C18H16ClNO6. The molecule has 1 heterocycles. The van der Waals surface area contributed by atoms with E-state index in [-0.39, 0.29) is 17.9 Å². The number of hydrogen-bond donors (Lipinski definition) is 0. The van der Waals surface area contributed by atoms with E-state index in [1.54, 1.807) is 19.1 Å². The van der Waals surface area contributed by atoms with E-state index in [4.69, 9.17) is 25.8 Å². The van der Waals surface area contributed by atoms with Gasteiger partial charge in [0.05, 0.1) is 28.7 Å². The van der Waals surface area contributed by atoms with Crippen molar-refractivity contribution in [3.63, 3.8) is 0 Å². The molecule has 0 unspecified atom stereocenters. The van der Waals surface area contributed by atoms with Crippen molar-refractivity contribution in [3.8, 4) is 11.5 Å². The molecule has 0 spiro atoms. The molecule has 136 valence electrons. The zero-order valence-corrected chi connectivity index (χ0v) is 14.7. The number of ether oxygens (including phenoxy) is 3. The third-order valence-electron chi connectivity index (χ3n) is 3.86. The zero-order chi connectivity index (χ0) is 18.7. The first kappa shape index (κ1) is 18.0. The molecule has 7 nitrogen and oxygen atoms in total. The van der Waals surface area contributed by atoms with E-state index in [0.717, 1.165) is 6.42 Å². The van der Waals surface area contributed by atoms with Crippen LogP contribution in [0.5, 0.6) is 11.5 Å². The molecule has 0 atom stereocenters. The van der Waals surface area contributed by atoms with Gasteiger partial charge in [0.2, 0.25) is 0 Å². The fourth-order valence-electron chi connectivity index (χ4n) is 2.59. The largest absolute Gasteiger partial charge is 0.489 e. The Morgan fingerprint density at radius 3 is 2.77 bits per heavy atom. The molecule has 1 aliphatic rings. The van der Waals surface area contributed by atoms with Crippen LogP contribution in [0.3, 0.4) is 0 Å². The molecule has 8 heteroatoms. The molecule has 0 bridgehead atoms. The Kier molecular flexibility index (Phi) is 5.27. The topological polar surface area (TPSA) is 87.9 Å². The van der Waals surface area contributed by atoms with Gasteiger partial charge in [0.25, 0.3) is 5.69 Å². The predicted molar refractivity (Wildman–Crippen MR) is 94.0 cm³/mol. The maximum atomic E-state index is 12.2. The minimum Gasteiger partial charge on any atom is -0.489 e. The Morgan fingerprint density at radius 1 is 1.27 bits per heavy atom. The van der Waals surface area contributed by atoms with Gasteiger partial charge in [-0.3, -0.25) is 10.1 Å². The lowest BCUT2D eigenvalue weighted by molar-refractivity contribution is -0.385. The number of carbonyl (C=O) groups is 1. The summed E-state index contributed by atoms with van der Waals surface area (Å²) in [6.45, 7) is 2.61. The van der Waals surface area contributed by atoms with Gasteiger partial charge in [-0.1, -0.05) is 11.6 Å². The standard InChI is InChI=1S/C18H16ClNO6/c1-11-7-13(3-4-15(11)20(22)23)18(21)26-10-12-8-14(19)17-16(9-12)24-5-2-6-25-17/h3-4,7-9H,2,5-6,10H2,1H3. The van der Waals surface area contributed by atoms with Gasteiger partial charge < -0.3 is 14.2 Å². The molecule has 2 aromatic carbocycles. The Hall–Kier alpha value is -2.80. The van der Waals surface area contributed by atoms with Crippen molar-refractivity contribution >= 4 is 23.3 Å². The summed E-state index contributed by atoms with van der Waals surface area (Å²) in [5.41, 5.74) is 1.25. The van der Waals surface area contributed by atoms with Crippen molar-refractivity contribution in [1.29, 1.82) is 0 Å². The van der Waals surface area contributed by atoms with E-state index >= 15 is 0 Å². The summed E-state index contributed by atoms with van der Waals surface area (Å²) >= 11 is 6.21. The first-order valence-electron chi connectivity index (χ1n) is 7.96. The van der Waals surface area contributed by atoms with Gasteiger partial charge in [0, 0.05) is 18.1 Å². The molecular weight excluding hydrogens is 362 g/mol. The third kappa shape index (κ3) is 3.88. The summed E-state index contributed by atoms with van der Waals surface area (Å²) in [6, 6.07) is 7.47. The fraction of sp³-hybridized carbons (Fsp3) is 0.278. The predicted octanol–water partition coefficient (Wildman–Crippen LogP) is 4.07. The van der Waals surface area contributed by atoms with Crippen LogP contribution in [0.4, 0.5) is 5.69 Å². The summed E-state index contributed by atoms with van der Waals surface area (Å²) in [4.78, 5) is 22.5. The first-order valence-corrected chi connectivity index (χ1v) is 8.33. The second-order valence-corrected chi connectivity index (χ2v) is 6.20. The lowest BCUT2D eigenvalue weighted by Gasteiger charge is -2.12. The Bertz CT molecular complexity index is 867. The van der Waals surface area contributed by atoms with Gasteiger partial charge in [-0.15, -0.1) is 0 Å².